The van der Waals surface area contributed by atoms with Gasteiger partial charge in [0.25, 0.3) is 0 Å². The minimum atomic E-state index is -0.884. The molecule has 0 unspecified atom stereocenters. The normalized spacial score (nSPS) is 6.00. The van der Waals surface area contributed by atoms with E-state index < -0.39 is 5.30 Å². The van der Waals surface area contributed by atoms with Crippen LogP contribution in [0.25, 0.3) is 0 Å². The molecule has 0 fully saturated rings. The Hall–Kier alpha value is 0.209. The van der Waals surface area contributed by atoms with Gasteiger partial charge in [0, 0.05) is 17.1 Å². The summed E-state index contributed by atoms with van der Waals surface area (Å²) in [5.74, 6) is 3.06. The van der Waals surface area contributed by atoms with Gasteiger partial charge in [-0.3, -0.25) is 0 Å². The van der Waals surface area contributed by atoms with Crippen molar-refractivity contribution in [3.05, 3.63) is 0 Å². The van der Waals surface area contributed by atoms with Gasteiger partial charge in [0.1, 0.15) is 0 Å². The van der Waals surface area contributed by atoms with E-state index in [1.807, 2.05) is 0 Å². The molecule has 6 heavy (non-hydrogen) atoms. The number of thiol groups is 1. The fourth-order valence-electron chi connectivity index (χ4n) is 0. The first kappa shape index (κ1) is 9.51. The summed E-state index contributed by atoms with van der Waals surface area (Å²) in [6.45, 7) is 0. The van der Waals surface area contributed by atoms with E-state index in [-0.39, 0.29) is 28.4 Å². The Morgan fingerprint density at radius 1 is 1.83 bits per heavy atom. The van der Waals surface area contributed by atoms with Crippen molar-refractivity contribution < 1.29 is 27.0 Å². The Morgan fingerprint density at radius 3 is 2.00 bits per heavy atom. The predicted molar refractivity (Wildman–Crippen MR) is 24.1 cm³/mol. The maximum absolute atomic E-state index is 9.29. The largest absolute Gasteiger partial charge is 0.474 e. The Bertz CT molecular complexity index is 62.6. The zero-order valence-corrected chi connectivity index (χ0v) is 4.65. The van der Waals surface area contributed by atoms with Gasteiger partial charge in [-0.25, -0.2) is 4.79 Å². The van der Waals surface area contributed by atoms with Crippen molar-refractivity contribution >= 4 is 22.5 Å². The molecule has 0 saturated carbocycles. The molecule has 0 aromatic heterocycles. The van der Waals surface area contributed by atoms with Crippen molar-refractivity contribution in [1.82, 2.24) is 0 Å². The minimum absolute atomic E-state index is 0. The third kappa shape index (κ3) is 8.88. The number of carboxylic acid groups (broad SMARTS) is 1. The van der Waals surface area contributed by atoms with E-state index in [0.717, 1.165) is 0 Å². The van der Waals surface area contributed by atoms with Gasteiger partial charge in [-0.1, -0.05) is 5.87 Å². The van der Waals surface area contributed by atoms with Crippen molar-refractivity contribution in [1.29, 1.82) is 0 Å². The van der Waals surface area contributed by atoms with Crippen LogP contribution in [-0.2, 0) is 17.1 Å². The molecule has 1 radical (unpaired) electrons. The molecular formula is C2H4CuO2S. The monoisotopic (exact) mass is 155 g/mol. The second-order valence-corrected chi connectivity index (χ2v) is 1.14. The van der Waals surface area contributed by atoms with Crippen molar-refractivity contribution in [3.8, 4) is 0 Å². The van der Waals surface area contributed by atoms with Crippen LogP contribution in [0.15, 0.2) is 0 Å². The number of carbonyl (C=O) groups is 1. The summed E-state index contributed by atoms with van der Waals surface area (Å²) >= 11 is 0.164. The second kappa shape index (κ2) is 5.21. The van der Waals surface area contributed by atoms with Crippen LogP contribution in [0.1, 0.15) is 0 Å². The van der Waals surface area contributed by atoms with Crippen molar-refractivity contribution in [2.24, 2.45) is 0 Å². The van der Waals surface area contributed by atoms with Crippen LogP contribution in [0.2, 0.25) is 0 Å². The average molecular weight is 156 g/mol. The molecule has 0 spiro atoms. The zero-order valence-electron chi connectivity index (χ0n) is 2.81. The SMILES string of the molecule is C=[SH]C(=O)O.[Cu]. The zero-order chi connectivity index (χ0) is 4.28. The molecule has 1 N–H and O–H groups in total. The molecule has 0 bridgehead atoms. The molecule has 0 aromatic rings. The first-order valence-corrected chi connectivity index (χ1v) is 2.05. The molecule has 41 valence electrons. The topological polar surface area (TPSA) is 37.3 Å². The van der Waals surface area contributed by atoms with Gasteiger partial charge >= 0.3 is 5.30 Å². The van der Waals surface area contributed by atoms with Gasteiger partial charge < -0.3 is 5.11 Å². The fraction of sp³-hybridized carbons (Fsp3) is 0. The molecule has 4 heteroatoms. The molecule has 0 aliphatic rings. The van der Waals surface area contributed by atoms with E-state index in [4.69, 9.17) is 5.11 Å². The molecular weight excluding hydrogens is 152 g/mol. The van der Waals surface area contributed by atoms with E-state index in [1.54, 1.807) is 0 Å². The van der Waals surface area contributed by atoms with Crippen LogP contribution in [0.4, 0.5) is 4.79 Å². The van der Waals surface area contributed by atoms with E-state index in [9.17, 15) is 4.79 Å². The Morgan fingerprint density at radius 2 is 2.00 bits per heavy atom. The molecule has 0 atom stereocenters. The average Bonchev–Trinajstić information content (AvgIpc) is 1.38. The van der Waals surface area contributed by atoms with Crippen molar-refractivity contribution in [2.75, 3.05) is 0 Å². The Kier molecular flexibility index (Phi) is 8.26. The van der Waals surface area contributed by atoms with E-state index >= 15 is 0 Å². The predicted octanol–water partition coefficient (Wildman–Crippen LogP) is 0.559. The van der Waals surface area contributed by atoms with E-state index in [1.165, 1.54) is 0 Å². The van der Waals surface area contributed by atoms with Gasteiger partial charge in [-0.05, 0) is 0 Å². The van der Waals surface area contributed by atoms with Crippen molar-refractivity contribution in [3.63, 3.8) is 0 Å². The van der Waals surface area contributed by atoms with E-state index in [2.05, 4.69) is 5.87 Å². The van der Waals surface area contributed by atoms with Gasteiger partial charge in [0.05, 0.1) is 0 Å². The first-order chi connectivity index (χ1) is 2.27. The maximum atomic E-state index is 9.29. The molecule has 0 aromatic carbocycles. The first-order valence-electron chi connectivity index (χ1n) is 0.968. The smallest absolute Gasteiger partial charge is 0.355 e. The van der Waals surface area contributed by atoms with E-state index in [0.29, 0.717) is 0 Å². The molecule has 0 saturated heterocycles. The van der Waals surface area contributed by atoms with Crippen molar-refractivity contribution in [2.45, 2.75) is 0 Å². The summed E-state index contributed by atoms with van der Waals surface area (Å²) in [5.41, 5.74) is 0. The summed E-state index contributed by atoms with van der Waals surface area (Å²) in [6.07, 6.45) is 0. The molecule has 0 aliphatic carbocycles. The standard InChI is InChI=1S/C2H4O2S.Cu/c1-5-2(3)4;/h5H,1H2,(H,3,4);. The maximum Gasteiger partial charge on any atom is 0.355 e. The molecule has 0 aliphatic heterocycles. The third-order valence-electron chi connectivity index (χ3n) is 0.135. The van der Waals surface area contributed by atoms with Gasteiger partial charge in [-0.2, -0.15) is 0 Å². The second-order valence-electron chi connectivity index (χ2n) is 0.441. The molecule has 2 nitrogen and oxygen atoms in total. The summed E-state index contributed by atoms with van der Waals surface area (Å²) < 4.78 is 0. The Balaban J connectivity index is 0. The van der Waals surface area contributed by atoms with Gasteiger partial charge in [0.2, 0.25) is 0 Å². The van der Waals surface area contributed by atoms with Crippen LogP contribution < -0.4 is 0 Å². The minimum Gasteiger partial charge on any atom is -0.474 e. The summed E-state index contributed by atoms with van der Waals surface area (Å²) in [4.78, 5) is 9.29. The quantitative estimate of drug-likeness (QED) is 0.305. The van der Waals surface area contributed by atoms with Crippen LogP contribution in [0, 0.1) is 0 Å². The van der Waals surface area contributed by atoms with Gasteiger partial charge in [-0.15, -0.1) is 11.4 Å². The summed E-state index contributed by atoms with van der Waals surface area (Å²) in [5, 5.41) is 6.76. The third-order valence-corrected chi connectivity index (χ3v) is 0.406. The molecule has 0 amide bonds. The van der Waals surface area contributed by atoms with Gasteiger partial charge in [0.15, 0.2) is 0 Å². The number of rotatable bonds is 0. The fourth-order valence-corrected chi connectivity index (χ4v) is 0. The summed E-state index contributed by atoms with van der Waals surface area (Å²) in [7, 11) is 0. The van der Waals surface area contributed by atoms with Crippen LogP contribution >= 0.6 is 11.4 Å². The van der Waals surface area contributed by atoms with Crippen LogP contribution in [0.3, 0.4) is 0 Å². The molecule has 0 heterocycles. The summed E-state index contributed by atoms with van der Waals surface area (Å²) in [6, 6.07) is 0. The van der Waals surface area contributed by atoms with Crippen LogP contribution in [-0.4, -0.2) is 16.3 Å². The Labute approximate surface area is 50.0 Å². The number of hydrogen-bond acceptors (Lipinski definition) is 1. The van der Waals surface area contributed by atoms with Crippen LogP contribution in [0.5, 0.6) is 0 Å². The number of hydrogen-bond donors (Lipinski definition) is 2. The molecule has 0 rings (SSSR count).